The van der Waals surface area contributed by atoms with Crippen LogP contribution in [-0.4, -0.2) is 17.0 Å². The number of hydrogen-bond acceptors (Lipinski definition) is 3. The van der Waals surface area contributed by atoms with E-state index in [1.165, 1.54) is 6.07 Å². The van der Waals surface area contributed by atoms with Crippen molar-refractivity contribution in [3.8, 4) is 0 Å². The first-order chi connectivity index (χ1) is 9.99. The van der Waals surface area contributed by atoms with Gasteiger partial charge in [-0.3, -0.25) is 0 Å². The van der Waals surface area contributed by atoms with Crippen molar-refractivity contribution >= 4 is 17.4 Å². The van der Waals surface area contributed by atoms with Gasteiger partial charge in [-0.25, -0.2) is 14.4 Å². The van der Waals surface area contributed by atoms with E-state index < -0.39 is 0 Å². The second-order valence-electron chi connectivity index (χ2n) is 5.39. The first kappa shape index (κ1) is 15.7. The van der Waals surface area contributed by atoms with E-state index in [4.69, 9.17) is 11.6 Å². The Labute approximate surface area is 129 Å². The average molecular weight is 308 g/mol. The monoisotopic (exact) mass is 307 g/mol. The number of nitrogens with zero attached hydrogens (tertiary/aromatic N) is 2. The lowest BCUT2D eigenvalue weighted by atomic mass is 10.1. The summed E-state index contributed by atoms with van der Waals surface area (Å²) in [5.74, 6) is 1.48. The molecule has 3 nitrogen and oxygen atoms in total. The number of benzene rings is 1. The SMILES string of the molecule is CNc1cc(CC(C)C)nc(Cc2c(F)cccc2Cl)n1. The van der Waals surface area contributed by atoms with Crippen LogP contribution in [0.5, 0.6) is 0 Å². The van der Waals surface area contributed by atoms with Crippen molar-refractivity contribution in [2.24, 2.45) is 5.92 Å². The van der Waals surface area contributed by atoms with Crippen LogP contribution in [0.25, 0.3) is 0 Å². The molecule has 0 unspecified atom stereocenters. The molecule has 1 aromatic heterocycles. The summed E-state index contributed by atoms with van der Waals surface area (Å²) < 4.78 is 13.9. The molecule has 0 aliphatic heterocycles. The van der Waals surface area contributed by atoms with Gasteiger partial charge in [-0.05, 0) is 24.5 Å². The standard InChI is InChI=1S/C16H19ClFN3/c1-10(2)7-11-8-15(19-3)21-16(20-11)9-12-13(17)5-4-6-14(12)18/h4-6,8,10H,7,9H2,1-3H3,(H,19,20,21). The van der Waals surface area contributed by atoms with Crippen molar-refractivity contribution < 1.29 is 4.39 Å². The molecule has 2 aromatic rings. The Morgan fingerprint density at radius 1 is 1.29 bits per heavy atom. The van der Waals surface area contributed by atoms with Crippen LogP contribution in [0, 0.1) is 11.7 Å². The van der Waals surface area contributed by atoms with Crippen LogP contribution in [-0.2, 0) is 12.8 Å². The molecule has 0 atom stereocenters. The van der Waals surface area contributed by atoms with Crippen molar-refractivity contribution in [2.75, 3.05) is 12.4 Å². The number of hydrogen-bond donors (Lipinski definition) is 1. The minimum Gasteiger partial charge on any atom is -0.373 e. The van der Waals surface area contributed by atoms with Gasteiger partial charge in [0.25, 0.3) is 0 Å². The van der Waals surface area contributed by atoms with Gasteiger partial charge in [0.05, 0.1) is 0 Å². The first-order valence-electron chi connectivity index (χ1n) is 6.97. The molecule has 5 heteroatoms. The molecule has 2 rings (SSSR count). The molecule has 0 fully saturated rings. The maximum Gasteiger partial charge on any atom is 0.135 e. The van der Waals surface area contributed by atoms with Crippen LogP contribution in [0.3, 0.4) is 0 Å². The smallest absolute Gasteiger partial charge is 0.135 e. The molecule has 0 amide bonds. The van der Waals surface area contributed by atoms with Crippen LogP contribution < -0.4 is 5.32 Å². The van der Waals surface area contributed by atoms with Crippen molar-refractivity contribution in [1.29, 1.82) is 0 Å². The highest BCUT2D eigenvalue weighted by atomic mass is 35.5. The van der Waals surface area contributed by atoms with E-state index in [-0.39, 0.29) is 12.2 Å². The topological polar surface area (TPSA) is 37.8 Å². The number of nitrogens with one attached hydrogen (secondary N) is 1. The highest BCUT2D eigenvalue weighted by molar-refractivity contribution is 6.31. The minimum atomic E-state index is -0.327. The first-order valence-corrected chi connectivity index (χ1v) is 7.35. The van der Waals surface area contributed by atoms with E-state index in [9.17, 15) is 4.39 Å². The van der Waals surface area contributed by atoms with Crippen LogP contribution in [0.1, 0.15) is 30.9 Å². The van der Waals surface area contributed by atoms with E-state index >= 15 is 0 Å². The molecule has 0 aliphatic rings. The van der Waals surface area contributed by atoms with Crippen molar-refractivity contribution in [2.45, 2.75) is 26.7 Å². The third kappa shape index (κ3) is 4.14. The third-order valence-electron chi connectivity index (χ3n) is 3.10. The van der Waals surface area contributed by atoms with Gasteiger partial charge in [0.2, 0.25) is 0 Å². The van der Waals surface area contributed by atoms with Crippen molar-refractivity contribution in [1.82, 2.24) is 9.97 Å². The maximum atomic E-state index is 13.9. The maximum absolute atomic E-state index is 13.9. The van der Waals surface area contributed by atoms with Crippen LogP contribution in [0.15, 0.2) is 24.3 Å². The lowest BCUT2D eigenvalue weighted by molar-refractivity contribution is 0.609. The number of rotatable bonds is 5. The molecular formula is C16H19ClFN3. The van der Waals surface area contributed by atoms with Gasteiger partial charge in [-0.15, -0.1) is 0 Å². The highest BCUT2D eigenvalue weighted by Crippen LogP contribution is 2.22. The van der Waals surface area contributed by atoms with E-state index in [1.807, 2.05) is 6.07 Å². The molecule has 0 saturated carbocycles. The molecule has 0 radical (unpaired) electrons. The summed E-state index contributed by atoms with van der Waals surface area (Å²) in [5.41, 5.74) is 1.38. The number of aromatic nitrogens is 2. The second-order valence-corrected chi connectivity index (χ2v) is 5.79. The van der Waals surface area contributed by atoms with Crippen molar-refractivity contribution in [3.63, 3.8) is 0 Å². The molecule has 1 heterocycles. The van der Waals surface area contributed by atoms with Gasteiger partial charge in [-0.2, -0.15) is 0 Å². The summed E-state index contributed by atoms with van der Waals surface area (Å²) in [4.78, 5) is 8.91. The largest absolute Gasteiger partial charge is 0.373 e. The predicted octanol–water partition coefficient (Wildman–Crippen LogP) is 4.10. The Morgan fingerprint density at radius 3 is 2.67 bits per heavy atom. The normalized spacial score (nSPS) is 11.0. The van der Waals surface area contributed by atoms with Gasteiger partial charge in [0.15, 0.2) is 0 Å². The zero-order chi connectivity index (χ0) is 15.4. The zero-order valence-corrected chi connectivity index (χ0v) is 13.2. The molecule has 0 bridgehead atoms. The Balaban J connectivity index is 2.35. The third-order valence-corrected chi connectivity index (χ3v) is 3.45. The van der Waals surface area contributed by atoms with Gasteiger partial charge >= 0.3 is 0 Å². The molecular weight excluding hydrogens is 289 g/mol. The van der Waals surface area contributed by atoms with Crippen molar-refractivity contribution in [3.05, 3.63) is 52.2 Å². The van der Waals surface area contributed by atoms with E-state index in [0.29, 0.717) is 22.3 Å². The lowest BCUT2D eigenvalue weighted by Crippen LogP contribution is -2.07. The molecule has 0 spiro atoms. The van der Waals surface area contributed by atoms with Crippen LogP contribution in [0.4, 0.5) is 10.2 Å². The zero-order valence-electron chi connectivity index (χ0n) is 12.5. The second kappa shape index (κ2) is 6.85. The fraction of sp³-hybridized carbons (Fsp3) is 0.375. The van der Waals surface area contributed by atoms with Gasteiger partial charge < -0.3 is 5.32 Å². The van der Waals surface area contributed by atoms with Crippen LogP contribution >= 0.6 is 11.6 Å². The Bertz CT molecular complexity index is 609. The lowest BCUT2D eigenvalue weighted by Gasteiger charge is -2.10. The summed E-state index contributed by atoms with van der Waals surface area (Å²) >= 11 is 6.07. The molecule has 21 heavy (non-hydrogen) atoms. The van der Waals surface area contributed by atoms with E-state index in [2.05, 4.69) is 29.1 Å². The molecule has 0 saturated heterocycles. The van der Waals surface area contributed by atoms with Crippen LogP contribution in [0.2, 0.25) is 5.02 Å². The summed E-state index contributed by atoms with van der Waals surface area (Å²) in [7, 11) is 1.81. The highest BCUT2D eigenvalue weighted by Gasteiger charge is 2.12. The number of halogens is 2. The Morgan fingerprint density at radius 2 is 2.05 bits per heavy atom. The fourth-order valence-electron chi connectivity index (χ4n) is 2.14. The summed E-state index contributed by atoms with van der Waals surface area (Å²) in [6.07, 6.45) is 1.14. The molecule has 1 N–H and O–H groups in total. The Kier molecular flexibility index (Phi) is 5.12. The fourth-order valence-corrected chi connectivity index (χ4v) is 2.37. The predicted molar refractivity (Wildman–Crippen MR) is 84.3 cm³/mol. The van der Waals surface area contributed by atoms with Gasteiger partial charge in [0, 0.05) is 35.8 Å². The summed E-state index contributed by atoms with van der Waals surface area (Å²) in [6, 6.07) is 6.60. The minimum absolute atomic E-state index is 0.284. The Hall–Kier alpha value is -1.68. The van der Waals surface area contributed by atoms with Gasteiger partial charge in [-0.1, -0.05) is 31.5 Å². The molecule has 1 aromatic carbocycles. The summed E-state index contributed by atoms with van der Waals surface area (Å²) in [5, 5.41) is 3.42. The quantitative estimate of drug-likeness (QED) is 0.903. The average Bonchev–Trinajstić information content (AvgIpc) is 2.42. The van der Waals surface area contributed by atoms with E-state index in [0.717, 1.165) is 17.9 Å². The van der Waals surface area contributed by atoms with Gasteiger partial charge in [0.1, 0.15) is 17.5 Å². The number of anilines is 1. The summed E-state index contributed by atoms with van der Waals surface area (Å²) in [6.45, 7) is 4.27. The van der Waals surface area contributed by atoms with E-state index in [1.54, 1.807) is 19.2 Å². The molecule has 0 aliphatic carbocycles. The molecule has 112 valence electrons.